The van der Waals surface area contributed by atoms with Crippen LogP contribution in [0.3, 0.4) is 0 Å². The number of hydrogen-bond acceptors (Lipinski definition) is 4. The summed E-state index contributed by atoms with van der Waals surface area (Å²) >= 11 is 0. The average molecular weight is 324 g/mol. The Balaban J connectivity index is 1.84. The van der Waals surface area contributed by atoms with Crippen molar-refractivity contribution in [1.82, 2.24) is 9.80 Å². The standard InChI is InChI=1S/C17H28N2O4/c1-13-3-5-14(6-4-13)9-16(20)19-7-8-23-15(11-19)10-18(2)12-17(21)22/h9,13,15H,3-8,10-12H2,1-2H3,(H,21,22). The summed E-state index contributed by atoms with van der Waals surface area (Å²) in [5, 5.41) is 8.80. The molecule has 1 unspecified atom stereocenters. The van der Waals surface area contributed by atoms with Crippen LogP contribution < -0.4 is 0 Å². The van der Waals surface area contributed by atoms with Crippen LogP contribution in [0.15, 0.2) is 11.6 Å². The van der Waals surface area contributed by atoms with E-state index in [0.29, 0.717) is 26.2 Å². The van der Waals surface area contributed by atoms with Gasteiger partial charge in [0, 0.05) is 25.7 Å². The minimum absolute atomic E-state index is 0.0178. The molecule has 0 bridgehead atoms. The topological polar surface area (TPSA) is 70.1 Å². The van der Waals surface area contributed by atoms with Crippen molar-refractivity contribution in [2.45, 2.75) is 38.7 Å². The third kappa shape index (κ3) is 5.95. The third-order valence-electron chi connectivity index (χ3n) is 4.62. The van der Waals surface area contributed by atoms with E-state index in [2.05, 4.69) is 6.92 Å². The van der Waals surface area contributed by atoms with Crippen molar-refractivity contribution in [3.63, 3.8) is 0 Å². The molecule has 1 atom stereocenters. The normalized spacial score (nSPS) is 25.5. The molecule has 0 radical (unpaired) electrons. The number of rotatable bonds is 5. The molecule has 1 saturated carbocycles. The molecule has 0 spiro atoms. The molecule has 23 heavy (non-hydrogen) atoms. The Morgan fingerprint density at radius 3 is 2.74 bits per heavy atom. The van der Waals surface area contributed by atoms with Gasteiger partial charge in [-0.15, -0.1) is 0 Å². The highest BCUT2D eigenvalue weighted by molar-refractivity contribution is 5.88. The van der Waals surface area contributed by atoms with E-state index >= 15 is 0 Å². The van der Waals surface area contributed by atoms with Gasteiger partial charge >= 0.3 is 5.97 Å². The van der Waals surface area contributed by atoms with Gasteiger partial charge in [0.25, 0.3) is 0 Å². The fraction of sp³-hybridized carbons (Fsp3) is 0.765. The number of likely N-dealkylation sites (N-methyl/N-ethyl adjacent to an activating group) is 1. The molecule has 130 valence electrons. The highest BCUT2D eigenvalue weighted by Gasteiger charge is 2.25. The Bertz CT molecular complexity index is 454. The molecular formula is C17H28N2O4. The van der Waals surface area contributed by atoms with Gasteiger partial charge in [0.05, 0.1) is 19.3 Å². The zero-order valence-corrected chi connectivity index (χ0v) is 14.2. The van der Waals surface area contributed by atoms with Crippen molar-refractivity contribution in [3.05, 3.63) is 11.6 Å². The van der Waals surface area contributed by atoms with Crippen LogP contribution in [0.25, 0.3) is 0 Å². The third-order valence-corrected chi connectivity index (χ3v) is 4.62. The van der Waals surface area contributed by atoms with Gasteiger partial charge in [-0.1, -0.05) is 12.5 Å². The molecular weight excluding hydrogens is 296 g/mol. The van der Waals surface area contributed by atoms with E-state index in [9.17, 15) is 9.59 Å². The Labute approximate surface area is 138 Å². The maximum atomic E-state index is 12.4. The predicted molar refractivity (Wildman–Crippen MR) is 87.2 cm³/mol. The molecule has 0 aromatic heterocycles. The zero-order chi connectivity index (χ0) is 16.8. The van der Waals surface area contributed by atoms with E-state index in [1.54, 1.807) is 11.9 Å². The SMILES string of the molecule is CC1CCC(=CC(=O)N2CCOC(CN(C)CC(=O)O)C2)CC1. The summed E-state index contributed by atoms with van der Waals surface area (Å²) < 4.78 is 5.67. The lowest BCUT2D eigenvalue weighted by atomic mass is 9.87. The summed E-state index contributed by atoms with van der Waals surface area (Å²) in [5.41, 5.74) is 1.26. The van der Waals surface area contributed by atoms with Crippen molar-refractivity contribution in [2.75, 3.05) is 39.8 Å². The molecule has 1 N–H and O–H groups in total. The van der Waals surface area contributed by atoms with Crippen LogP contribution in [0.2, 0.25) is 0 Å². The van der Waals surface area contributed by atoms with Gasteiger partial charge in [0.15, 0.2) is 0 Å². The van der Waals surface area contributed by atoms with Gasteiger partial charge in [-0.2, -0.15) is 0 Å². The van der Waals surface area contributed by atoms with Crippen molar-refractivity contribution in [3.8, 4) is 0 Å². The number of carbonyl (C=O) groups excluding carboxylic acids is 1. The number of allylic oxidation sites excluding steroid dienone is 1. The van der Waals surface area contributed by atoms with Gasteiger partial charge in [-0.3, -0.25) is 14.5 Å². The van der Waals surface area contributed by atoms with Crippen molar-refractivity contribution < 1.29 is 19.4 Å². The van der Waals surface area contributed by atoms with E-state index in [1.165, 1.54) is 18.4 Å². The predicted octanol–water partition coefficient (Wildman–Crippen LogP) is 1.37. The summed E-state index contributed by atoms with van der Waals surface area (Å²) in [5.74, 6) is -0.0176. The minimum Gasteiger partial charge on any atom is -0.480 e. The largest absolute Gasteiger partial charge is 0.480 e. The van der Waals surface area contributed by atoms with Crippen LogP contribution in [0.4, 0.5) is 0 Å². The van der Waals surface area contributed by atoms with Crippen molar-refractivity contribution in [1.29, 1.82) is 0 Å². The van der Waals surface area contributed by atoms with Crippen LogP contribution in [0.1, 0.15) is 32.6 Å². The lowest BCUT2D eigenvalue weighted by molar-refractivity contribution is -0.140. The lowest BCUT2D eigenvalue weighted by Crippen LogP contribution is -2.49. The number of carboxylic acid groups (broad SMARTS) is 1. The molecule has 1 amide bonds. The number of hydrogen-bond donors (Lipinski definition) is 1. The first-order chi connectivity index (χ1) is 10.9. The van der Waals surface area contributed by atoms with Gasteiger partial charge in [-0.25, -0.2) is 0 Å². The molecule has 0 aromatic carbocycles. The quantitative estimate of drug-likeness (QED) is 0.774. The fourth-order valence-corrected chi connectivity index (χ4v) is 3.22. The van der Waals surface area contributed by atoms with E-state index < -0.39 is 5.97 Å². The smallest absolute Gasteiger partial charge is 0.317 e. The molecule has 2 aliphatic rings. The Hall–Kier alpha value is -1.40. The van der Waals surface area contributed by atoms with Crippen LogP contribution in [0, 0.1) is 5.92 Å². The molecule has 1 aliphatic heterocycles. The maximum Gasteiger partial charge on any atom is 0.317 e. The van der Waals surface area contributed by atoms with E-state index in [0.717, 1.165) is 18.8 Å². The number of morpholine rings is 1. The first kappa shape index (κ1) is 17.9. The highest BCUT2D eigenvalue weighted by atomic mass is 16.5. The molecule has 2 fully saturated rings. The van der Waals surface area contributed by atoms with Crippen LogP contribution in [-0.2, 0) is 14.3 Å². The first-order valence-electron chi connectivity index (χ1n) is 8.44. The summed E-state index contributed by atoms with van der Waals surface area (Å²) in [6, 6.07) is 0. The molecule has 0 aromatic rings. The summed E-state index contributed by atoms with van der Waals surface area (Å²) in [4.78, 5) is 26.7. The Morgan fingerprint density at radius 2 is 2.09 bits per heavy atom. The summed E-state index contributed by atoms with van der Waals surface area (Å²) in [7, 11) is 1.75. The number of nitrogens with zero attached hydrogens (tertiary/aromatic N) is 2. The van der Waals surface area contributed by atoms with Crippen molar-refractivity contribution in [2.24, 2.45) is 5.92 Å². The van der Waals surface area contributed by atoms with Gasteiger partial charge in [0.1, 0.15) is 0 Å². The minimum atomic E-state index is -0.854. The monoisotopic (exact) mass is 324 g/mol. The maximum absolute atomic E-state index is 12.4. The number of aliphatic carboxylic acids is 1. The van der Waals surface area contributed by atoms with Crippen LogP contribution >= 0.6 is 0 Å². The second kappa shape index (κ2) is 8.45. The lowest BCUT2D eigenvalue weighted by Gasteiger charge is -2.34. The zero-order valence-electron chi connectivity index (χ0n) is 14.2. The number of amides is 1. The van der Waals surface area contributed by atoms with Crippen LogP contribution in [0.5, 0.6) is 0 Å². The average Bonchev–Trinajstić information content (AvgIpc) is 2.49. The van der Waals surface area contributed by atoms with E-state index in [4.69, 9.17) is 9.84 Å². The first-order valence-corrected chi connectivity index (χ1v) is 8.44. The van der Waals surface area contributed by atoms with Crippen LogP contribution in [-0.4, -0.2) is 72.7 Å². The molecule has 1 saturated heterocycles. The molecule has 1 heterocycles. The Morgan fingerprint density at radius 1 is 1.39 bits per heavy atom. The summed E-state index contributed by atoms with van der Waals surface area (Å²) in [6.07, 6.45) is 6.09. The van der Waals surface area contributed by atoms with Gasteiger partial charge in [-0.05, 0) is 38.6 Å². The molecule has 1 aliphatic carbocycles. The van der Waals surface area contributed by atoms with Gasteiger partial charge in [0.2, 0.25) is 5.91 Å². The second-order valence-corrected chi connectivity index (χ2v) is 6.85. The van der Waals surface area contributed by atoms with E-state index in [1.807, 2.05) is 11.0 Å². The molecule has 6 heteroatoms. The summed E-state index contributed by atoms with van der Waals surface area (Å²) in [6.45, 7) is 4.41. The number of carbonyl (C=O) groups is 2. The fourth-order valence-electron chi connectivity index (χ4n) is 3.22. The molecule has 6 nitrogen and oxygen atoms in total. The Kier molecular flexibility index (Phi) is 6.59. The van der Waals surface area contributed by atoms with Crippen molar-refractivity contribution >= 4 is 11.9 Å². The number of ether oxygens (including phenoxy) is 1. The number of carboxylic acids is 1. The van der Waals surface area contributed by atoms with Gasteiger partial charge < -0.3 is 14.7 Å². The molecule has 2 rings (SSSR count). The van der Waals surface area contributed by atoms with E-state index in [-0.39, 0.29) is 18.6 Å². The highest BCUT2D eigenvalue weighted by Crippen LogP contribution is 2.27. The second-order valence-electron chi connectivity index (χ2n) is 6.85.